The third-order valence-electron chi connectivity index (χ3n) is 3.26. The van der Waals surface area contributed by atoms with Gasteiger partial charge >= 0.3 is 0 Å². The molecule has 0 amide bonds. The van der Waals surface area contributed by atoms with Crippen molar-refractivity contribution in [1.82, 2.24) is 5.32 Å². The number of aliphatic hydroxyl groups is 1. The van der Waals surface area contributed by atoms with Gasteiger partial charge in [0.2, 0.25) is 0 Å². The summed E-state index contributed by atoms with van der Waals surface area (Å²) in [5.41, 5.74) is 0.843. The summed E-state index contributed by atoms with van der Waals surface area (Å²) < 4.78 is 0. The molecule has 1 rings (SSSR count). The van der Waals surface area contributed by atoms with Gasteiger partial charge in [-0.3, -0.25) is 0 Å². The number of thioether (sulfide) groups is 1. The zero-order chi connectivity index (χ0) is 13.4. The van der Waals surface area contributed by atoms with Crippen molar-refractivity contribution in [3.05, 3.63) is 35.9 Å². The lowest BCUT2D eigenvalue weighted by Gasteiger charge is -2.32. The first-order chi connectivity index (χ1) is 8.64. The topological polar surface area (TPSA) is 32.3 Å². The standard InChI is InChI=1S/C15H25NOS/c1-13(2)9-10-18-12-15(11-17,16-3)14-7-5-4-6-8-14/h4-8,13,16-17H,9-12H2,1-3H3. The molecule has 0 spiro atoms. The van der Waals surface area contributed by atoms with Crippen LogP contribution in [0, 0.1) is 5.92 Å². The summed E-state index contributed by atoms with van der Waals surface area (Å²) in [4.78, 5) is 0. The van der Waals surface area contributed by atoms with E-state index >= 15 is 0 Å². The summed E-state index contributed by atoms with van der Waals surface area (Å²) in [6.45, 7) is 4.62. The van der Waals surface area contributed by atoms with E-state index in [-0.39, 0.29) is 12.1 Å². The number of rotatable bonds is 8. The summed E-state index contributed by atoms with van der Waals surface area (Å²) in [6, 6.07) is 10.2. The number of benzene rings is 1. The number of nitrogens with one attached hydrogen (secondary N) is 1. The summed E-state index contributed by atoms with van der Waals surface area (Å²) >= 11 is 1.91. The Kier molecular flexibility index (Phi) is 6.76. The Morgan fingerprint density at radius 1 is 1.28 bits per heavy atom. The summed E-state index contributed by atoms with van der Waals surface area (Å²) in [5.74, 6) is 2.79. The lowest BCUT2D eigenvalue weighted by molar-refractivity contribution is 0.187. The molecule has 0 saturated carbocycles. The molecule has 2 nitrogen and oxygen atoms in total. The van der Waals surface area contributed by atoms with Crippen molar-refractivity contribution in [2.75, 3.05) is 25.2 Å². The summed E-state index contributed by atoms with van der Waals surface area (Å²) in [7, 11) is 1.92. The molecule has 1 aromatic carbocycles. The highest BCUT2D eigenvalue weighted by atomic mass is 32.2. The Bertz CT molecular complexity index is 323. The molecule has 3 heteroatoms. The first-order valence-corrected chi connectivity index (χ1v) is 7.73. The van der Waals surface area contributed by atoms with Crippen molar-refractivity contribution in [3.63, 3.8) is 0 Å². The minimum absolute atomic E-state index is 0.127. The molecular formula is C15H25NOS. The molecule has 0 saturated heterocycles. The molecule has 18 heavy (non-hydrogen) atoms. The highest BCUT2D eigenvalue weighted by molar-refractivity contribution is 7.99. The molecule has 1 unspecified atom stereocenters. The molecule has 0 aliphatic heterocycles. The Balaban J connectivity index is 2.64. The fourth-order valence-corrected chi connectivity index (χ4v) is 3.37. The van der Waals surface area contributed by atoms with Gasteiger partial charge in [-0.15, -0.1) is 0 Å². The van der Waals surface area contributed by atoms with Crippen LogP contribution in [0.2, 0.25) is 0 Å². The van der Waals surface area contributed by atoms with Gasteiger partial charge in [-0.1, -0.05) is 44.2 Å². The van der Waals surface area contributed by atoms with Crippen LogP contribution in [-0.4, -0.2) is 30.3 Å². The molecule has 0 radical (unpaired) electrons. The van der Waals surface area contributed by atoms with Crippen LogP contribution in [0.3, 0.4) is 0 Å². The first-order valence-electron chi connectivity index (χ1n) is 6.57. The monoisotopic (exact) mass is 267 g/mol. The van der Waals surface area contributed by atoms with Crippen molar-refractivity contribution in [3.8, 4) is 0 Å². The van der Waals surface area contributed by atoms with Gasteiger partial charge in [0, 0.05) is 5.75 Å². The van der Waals surface area contributed by atoms with Crippen LogP contribution < -0.4 is 5.32 Å². The zero-order valence-corrected chi connectivity index (χ0v) is 12.5. The average molecular weight is 267 g/mol. The van der Waals surface area contributed by atoms with E-state index in [1.54, 1.807) is 0 Å². The maximum Gasteiger partial charge on any atom is 0.0758 e. The summed E-state index contributed by atoms with van der Waals surface area (Å²) in [5, 5.41) is 13.1. The van der Waals surface area contributed by atoms with Gasteiger partial charge < -0.3 is 10.4 Å². The molecule has 1 aromatic rings. The Morgan fingerprint density at radius 3 is 2.44 bits per heavy atom. The van der Waals surface area contributed by atoms with Crippen LogP contribution in [0.4, 0.5) is 0 Å². The minimum Gasteiger partial charge on any atom is -0.394 e. The second-order valence-corrected chi connectivity index (χ2v) is 6.20. The molecule has 0 aromatic heterocycles. The van der Waals surface area contributed by atoms with Gasteiger partial charge in [-0.05, 0) is 30.7 Å². The molecule has 1 atom stereocenters. The normalized spacial score (nSPS) is 14.7. The van der Waals surface area contributed by atoms with Gasteiger partial charge in [-0.2, -0.15) is 11.8 Å². The van der Waals surface area contributed by atoms with Gasteiger partial charge in [0.25, 0.3) is 0 Å². The SMILES string of the molecule is CNC(CO)(CSCCC(C)C)c1ccccc1. The van der Waals surface area contributed by atoms with Gasteiger partial charge in [0.05, 0.1) is 12.1 Å². The van der Waals surface area contributed by atoms with Gasteiger partial charge in [-0.25, -0.2) is 0 Å². The smallest absolute Gasteiger partial charge is 0.0758 e. The van der Waals surface area contributed by atoms with Crippen molar-refractivity contribution < 1.29 is 5.11 Å². The zero-order valence-electron chi connectivity index (χ0n) is 11.6. The quantitative estimate of drug-likeness (QED) is 0.710. The van der Waals surface area contributed by atoms with Crippen LogP contribution in [0.1, 0.15) is 25.8 Å². The predicted octanol–water partition coefficient (Wildman–Crippen LogP) is 2.87. The highest BCUT2D eigenvalue weighted by Gasteiger charge is 2.29. The largest absolute Gasteiger partial charge is 0.394 e. The van der Waals surface area contributed by atoms with Crippen molar-refractivity contribution in [1.29, 1.82) is 0 Å². The van der Waals surface area contributed by atoms with Crippen molar-refractivity contribution >= 4 is 11.8 Å². The van der Waals surface area contributed by atoms with Crippen LogP contribution in [0.15, 0.2) is 30.3 Å². The Morgan fingerprint density at radius 2 is 1.94 bits per heavy atom. The maximum atomic E-state index is 9.76. The number of hydrogen-bond acceptors (Lipinski definition) is 3. The molecule has 0 aliphatic carbocycles. The third-order valence-corrected chi connectivity index (χ3v) is 4.48. The number of hydrogen-bond donors (Lipinski definition) is 2. The van der Waals surface area contributed by atoms with E-state index in [0.29, 0.717) is 0 Å². The molecule has 0 heterocycles. The van der Waals surface area contributed by atoms with E-state index in [0.717, 1.165) is 23.0 Å². The second-order valence-electron chi connectivity index (χ2n) is 5.09. The average Bonchev–Trinajstić information content (AvgIpc) is 2.40. The fraction of sp³-hybridized carbons (Fsp3) is 0.600. The Labute approximate surface area is 115 Å². The van der Waals surface area contributed by atoms with E-state index in [1.807, 2.05) is 37.0 Å². The number of likely N-dealkylation sites (N-methyl/N-ethyl adjacent to an activating group) is 1. The molecule has 0 bridgehead atoms. The van der Waals surface area contributed by atoms with E-state index in [4.69, 9.17) is 0 Å². The van der Waals surface area contributed by atoms with Gasteiger partial charge in [0.1, 0.15) is 0 Å². The van der Waals surface area contributed by atoms with Crippen molar-refractivity contribution in [2.45, 2.75) is 25.8 Å². The van der Waals surface area contributed by atoms with Crippen LogP contribution in [-0.2, 0) is 5.54 Å². The molecule has 102 valence electrons. The lowest BCUT2D eigenvalue weighted by Crippen LogP contribution is -2.46. The lowest BCUT2D eigenvalue weighted by atomic mass is 9.93. The predicted molar refractivity (Wildman–Crippen MR) is 81.0 cm³/mol. The molecular weight excluding hydrogens is 242 g/mol. The second kappa shape index (κ2) is 7.82. The minimum atomic E-state index is -0.317. The van der Waals surface area contributed by atoms with Crippen LogP contribution >= 0.6 is 11.8 Å². The van der Waals surface area contributed by atoms with E-state index in [2.05, 4.69) is 31.3 Å². The molecule has 2 N–H and O–H groups in total. The van der Waals surface area contributed by atoms with E-state index in [1.165, 1.54) is 6.42 Å². The summed E-state index contributed by atoms with van der Waals surface area (Å²) in [6.07, 6.45) is 1.23. The maximum absolute atomic E-state index is 9.76. The highest BCUT2D eigenvalue weighted by Crippen LogP contribution is 2.25. The molecule has 0 aliphatic rings. The first kappa shape index (κ1) is 15.5. The van der Waals surface area contributed by atoms with E-state index < -0.39 is 0 Å². The van der Waals surface area contributed by atoms with Gasteiger partial charge in [0.15, 0.2) is 0 Å². The van der Waals surface area contributed by atoms with Crippen molar-refractivity contribution in [2.24, 2.45) is 5.92 Å². The van der Waals surface area contributed by atoms with E-state index in [9.17, 15) is 5.11 Å². The number of aliphatic hydroxyl groups excluding tert-OH is 1. The van der Waals surface area contributed by atoms with Crippen LogP contribution in [0.25, 0.3) is 0 Å². The van der Waals surface area contributed by atoms with Crippen LogP contribution in [0.5, 0.6) is 0 Å². The fourth-order valence-electron chi connectivity index (χ4n) is 1.84. The Hall–Kier alpha value is -0.510. The third kappa shape index (κ3) is 4.30. The molecule has 0 fully saturated rings.